The molecule has 0 aliphatic heterocycles. The van der Waals surface area contributed by atoms with Gasteiger partial charge in [0.1, 0.15) is 35.7 Å². The number of nitrogen functional groups attached to an aromatic ring is 8. The minimum atomic E-state index is -0.521. The summed E-state index contributed by atoms with van der Waals surface area (Å²) in [6, 6.07) is 47.2. The van der Waals surface area contributed by atoms with E-state index in [4.69, 9.17) is 64.8 Å². The largest absolute Gasteiger partial charge is 0.459 e. The minimum Gasteiger partial charge on any atom is -0.459 e. The fraction of sp³-hybridized carbons (Fsp3) is 0.350. The van der Waals surface area contributed by atoms with Crippen molar-refractivity contribution < 1.29 is 46.9 Å². The van der Waals surface area contributed by atoms with Crippen molar-refractivity contribution in [1.29, 1.82) is 0 Å². The highest BCUT2D eigenvalue weighted by Crippen LogP contribution is 2.40. The zero-order chi connectivity index (χ0) is 70.2. The third-order valence-corrected chi connectivity index (χ3v) is 19.1. The molecule has 16 nitrogen and oxygen atoms in total. The second-order valence-electron chi connectivity index (χ2n) is 27.0. The third kappa shape index (κ3) is 21.0. The molecule has 8 aromatic carbocycles. The predicted molar refractivity (Wildman–Crippen MR) is 388 cm³/mol. The molecular formula is C80H94F2N8O8. The van der Waals surface area contributed by atoms with Crippen LogP contribution in [-0.4, -0.2) is 42.2 Å². The Labute approximate surface area is 574 Å². The van der Waals surface area contributed by atoms with Crippen LogP contribution in [0.2, 0.25) is 0 Å². The van der Waals surface area contributed by atoms with E-state index in [0.717, 1.165) is 57.3 Å². The standard InChI is InChI=1S/C20H22F2N2O2.3C20H24N2O2/c1-11-18(21)8-13(9-19(11)22)12-2-4-17(5-3-12)26-20(25)14-6-15(23)10-16(24)7-14;3*1-13-2-4-14(5-3-13)15-6-8-19(9-7-15)24-20(23)16-10-17(21)12-18(22)11-16/h6-10,12,17H,2-5,23-24H2,1H3;6-14H,2-5,21-22H2,1H3;2*2-5,10-12,15,19H,6-9,21-22H2,1H3. The van der Waals surface area contributed by atoms with Gasteiger partial charge in [-0.2, -0.15) is 0 Å². The highest BCUT2D eigenvalue weighted by Gasteiger charge is 2.30. The Morgan fingerprint density at radius 3 is 0.847 bits per heavy atom. The van der Waals surface area contributed by atoms with Gasteiger partial charge < -0.3 is 64.8 Å². The molecule has 4 aliphatic rings. The van der Waals surface area contributed by atoms with Gasteiger partial charge in [0.05, 0.1) is 22.3 Å². The maximum atomic E-state index is 13.8. The summed E-state index contributed by atoms with van der Waals surface area (Å²) in [5.74, 6) is 0.555. The van der Waals surface area contributed by atoms with Crippen LogP contribution in [0.1, 0.15) is 214 Å². The lowest BCUT2D eigenvalue weighted by Gasteiger charge is -2.29. The number of benzene rings is 8. The molecule has 4 saturated carbocycles. The van der Waals surface area contributed by atoms with Gasteiger partial charge in [-0.1, -0.05) is 91.6 Å². The average Bonchev–Trinajstić information content (AvgIpc) is 0.881. The van der Waals surface area contributed by atoms with Crippen LogP contribution >= 0.6 is 0 Å². The maximum Gasteiger partial charge on any atom is 0.343 e. The van der Waals surface area contributed by atoms with E-state index in [-0.39, 0.29) is 41.7 Å². The Morgan fingerprint density at radius 2 is 0.561 bits per heavy atom. The molecular weight excluding hydrogens is 1240 g/mol. The number of hydrogen-bond acceptors (Lipinski definition) is 16. The van der Waals surface area contributed by atoms with Gasteiger partial charge in [0.15, 0.2) is 0 Å². The molecule has 0 saturated heterocycles. The number of carbonyl (C=O) groups is 4. The molecule has 98 heavy (non-hydrogen) atoms. The van der Waals surface area contributed by atoms with Gasteiger partial charge in [-0.15, -0.1) is 0 Å². The number of aryl methyl sites for hydroxylation is 2. The molecule has 0 amide bonds. The highest BCUT2D eigenvalue weighted by atomic mass is 19.1. The Hall–Kier alpha value is -10.1. The molecule has 0 unspecified atom stereocenters. The van der Waals surface area contributed by atoms with E-state index in [2.05, 4.69) is 81.4 Å². The van der Waals surface area contributed by atoms with E-state index < -0.39 is 23.6 Å². The molecule has 18 heteroatoms. The molecule has 0 spiro atoms. The summed E-state index contributed by atoms with van der Waals surface area (Å²) in [5.41, 5.74) is 58.3. The van der Waals surface area contributed by atoms with Crippen LogP contribution in [-0.2, 0) is 14.2 Å². The lowest BCUT2D eigenvalue weighted by Crippen LogP contribution is -2.24. The van der Waals surface area contributed by atoms with Gasteiger partial charge in [0.2, 0.25) is 0 Å². The Bertz CT molecular complexity index is 3790. The molecule has 0 radical (unpaired) electrons. The summed E-state index contributed by atoms with van der Waals surface area (Å²) in [6.07, 6.45) is 15.2. The van der Waals surface area contributed by atoms with E-state index >= 15 is 0 Å². The Morgan fingerprint density at radius 1 is 0.316 bits per heavy atom. The third-order valence-electron chi connectivity index (χ3n) is 19.1. The van der Waals surface area contributed by atoms with Crippen LogP contribution in [0.3, 0.4) is 0 Å². The van der Waals surface area contributed by atoms with Crippen LogP contribution in [0.4, 0.5) is 54.3 Å². The number of rotatable bonds is 12. The summed E-state index contributed by atoms with van der Waals surface area (Å²) in [5, 5.41) is 0. The first-order valence-corrected chi connectivity index (χ1v) is 34.0. The number of ether oxygens (including phenoxy) is 4. The zero-order valence-corrected chi connectivity index (χ0v) is 56.6. The molecule has 0 heterocycles. The first-order chi connectivity index (χ1) is 46.9. The number of carbonyl (C=O) groups excluding carboxylic acids is 4. The molecule has 0 aromatic heterocycles. The monoisotopic (exact) mass is 1330 g/mol. The highest BCUT2D eigenvalue weighted by molar-refractivity contribution is 5.94. The fourth-order valence-corrected chi connectivity index (χ4v) is 13.5. The van der Waals surface area contributed by atoms with Gasteiger partial charge in [-0.3, -0.25) is 0 Å². The molecule has 4 fully saturated rings. The maximum absolute atomic E-state index is 13.8. The zero-order valence-electron chi connectivity index (χ0n) is 56.6. The van der Waals surface area contributed by atoms with E-state index in [0.29, 0.717) is 123 Å². The minimum absolute atomic E-state index is 0.0261. The van der Waals surface area contributed by atoms with Crippen molar-refractivity contribution in [1.82, 2.24) is 0 Å². The van der Waals surface area contributed by atoms with Crippen molar-refractivity contribution in [2.45, 2.75) is 172 Å². The van der Waals surface area contributed by atoms with Crippen LogP contribution in [0.5, 0.6) is 5.75 Å². The van der Waals surface area contributed by atoms with Gasteiger partial charge in [-0.25, -0.2) is 28.0 Å². The van der Waals surface area contributed by atoms with Gasteiger partial charge in [0.25, 0.3) is 0 Å². The van der Waals surface area contributed by atoms with E-state index in [1.807, 2.05) is 12.1 Å². The molecule has 8 aromatic rings. The van der Waals surface area contributed by atoms with E-state index in [9.17, 15) is 28.0 Å². The number of esters is 4. The topological polar surface area (TPSA) is 313 Å². The van der Waals surface area contributed by atoms with Crippen LogP contribution < -0.4 is 50.6 Å². The summed E-state index contributed by atoms with van der Waals surface area (Å²) in [6.45, 7) is 7.95. The molecule has 0 atom stereocenters. The Kier molecular flexibility index (Phi) is 24.8. The number of anilines is 8. The lowest BCUT2D eigenvalue weighted by atomic mass is 9.79. The normalized spacial score (nSPS) is 20.4. The van der Waals surface area contributed by atoms with Crippen molar-refractivity contribution in [3.63, 3.8) is 0 Å². The predicted octanol–water partition coefficient (Wildman–Crippen LogP) is 16.8. The second-order valence-corrected chi connectivity index (χ2v) is 27.0. The first-order valence-electron chi connectivity index (χ1n) is 34.0. The lowest BCUT2D eigenvalue weighted by molar-refractivity contribution is 0.0186. The SMILES string of the molecule is CC1CCC(c2ccc(OC(=O)c3cc(N)cc(N)c3)cc2)CC1.Cc1c(F)cc(C2CCC(OC(=O)c3cc(N)cc(N)c3)CC2)cc1F.Cc1ccc(C2CCC(OC(=O)c3cc(N)cc(N)c3)CC2)cc1.Cc1ccc(C2CCC(OC(=O)c3cc(N)cc(N)c3)CC2)cc1. The summed E-state index contributed by atoms with van der Waals surface area (Å²) in [7, 11) is 0. The first kappa shape index (κ1) is 72.2. The quantitative estimate of drug-likeness (QED) is 0.0244. The van der Waals surface area contributed by atoms with Gasteiger partial charge in [-0.05, 0) is 260 Å². The number of hydrogen-bond donors (Lipinski definition) is 8. The fourth-order valence-electron chi connectivity index (χ4n) is 13.5. The van der Waals surface area contributed by atoms with Gasteiger partial charge in [0, 0.05) is 51.1 Å². The summed E-state index contributed by atoms with van der Waals surface area (Å²) < 4.78 is 49.8. The van der Waals surface area contributed by atoms with Crippen molar-refractivity contribution in [2.24, 2.45) is 5.92 Å². The van der Waals surface area contributed by atoms with E-state index in [1.165, 1.54) is 84.7 Å². The van der Waals surface area contributed by atoms with Crippen LogP contribution in [0.15, 0.2) is 158 Å². The second kappa shape index (κ2) is 33.7. The van der Waals surface area contributed by atoms with Crippen LogP contribution in [0, 0.1) is 38.3 Å². The number of nitrogens with two attached hydrogens (primary N) is 8. The van der Waals surface area contributed by atoms with Gasteiger partial charge >= 0.3 is 23.9 Å². The molecule has 4 aliphatic carbocycles. The molecule has 12 rings (SSSR count). The van der Waals surface area contributed by atoms with Crippen molar-refractivity contribution in [3.05, 3.63) is 231 Å². The van der Waals surface area contributed by atoms with Crippen molar-refractivity contribution in [3.8, 4) is 5.75 Å². The van der Waals surface area contributed by atoms with Crippen LogP contribution in [0.25, 0.3) is 0 Å². The average molecular weight is 1330 g/mol. The van der Waals surface area contributed by atoms with Crippen molar-refractivity contribution in [2.75, 3.05) is 45.9 Å². The molecule has 16 N–H and O–H groups in total. The smallest absolute Gasteiger partial charge is 0.343 e. The van der Waals surface area contributed by atoms with Crippen molar-refractivity contribution >= 4 is 69.4 Å². The molecule has 516 valence electrons. The number of halogens is 2. The Balaban J connectivity index is 0.000000153. The summed E-state index contributed by atoms with van der Waals surface area (Å²) >= 11 is 0. The molecule has 0 bridgehead atoms. The summed E-state index contributed by atoms with van der Waals surface area (Å²) in [4.78, 5) is 49.0. The van der Waals surface area contributed by atoms with E-state index in [1.54, 1.807) is 60.7 Å².